The van der Waals surface area contributed by atoms with Crippen molar-refractivity contribution in [2.45, 2.75) is 27.7 Å². The topological polar surface area (TPSA) is 58.9 Å². The largest absolute Gasteiger partial charge is 0.240 e. The summed E-state index contributed by atoms with van der Waals surface area (Å²) < 4.78 is 0. The van der Waals surface area contributed by atoms with E-state index < -0.39 is 0 Å². The quantitative estimate of drug-likeness (QED) is 0.616. The summed E-state index contributed by atoms with van der Waals surface area (Å²) in [7, 11) is 0. The summed E-state index contributed by atoms with van der Waals surface area (Å²) in [6.45, 7) is 7.78. The van der Waals surface area contributed by atoms with Crippen molar-refractivity contribution in [1.82, 2.24) is 0 Å². The van der Waals surface area contributed by atoms with Gasteiger partial charge in [0.2, 0.25) is 12.2 Å². The molecule has 2 aromatic carbocycles. The van der Waals surface area contributed by atoms with Gasteiger partial charge in [0.05, 0.1) is 0 Å². The van der Waals surface area contributed by atoms with E-state index in [1.807, 2.05) is 52.0 Å². The van der Waals surface area contributed by atoms with Crippen molar-refractivity contribution in [2.75, 3.05) is 0 Å². The van der Waals surface area contributed by atoms with E-state index in [0.29, 0.717) is 11.4 Å². The molecule has 0 spiro atoms. The molecule has 0 aliphatic heterocycles. The van der Waals surface area contributed by atoms with Gasteiger partial charge in [0.1, 0.15) is 11.4 Å². The molecule has 0 amide bonds. The lowest BCUT2D eigenvalue weighted by atomic mass is 9.89. The molecule has 0 fully saturated rings. The van der Waals surface area contributed by atoms with Crippen LogP contribution in [0.3, 0.4) is 0 Å². The summed E-state index contributed by atoms with van der Waals surface area (Å²) >= 11 is 0. The maximum absolute atomic E-state index is 10.9. The Morgan fingerprint density at radius 3 is 1.95 bits per heavy atom. The lowest BCUT2D eigenvalue weighted by molar-refractivity contribution is 0.564. The van der Waals surface area contributed by atoms with Gasteiger partial charge in [-0.3, -0.25) is 0 Å². The fourth-order valence-corrected chi connectivity index (χ4v) is 2.64. The zero-order valence-corrected chi connectivity index (χ0v) is 13.0. The lowest BCUT2D eigenvalue weighted by Crippen LogP contribution is -1.95. The van der Waals surface area contributed by atoms with Crippen LogP contribution in [0.25, 0.3) is 11.1 Å². The highest BCUT2D eigenvalue weighted by atomic mass is 16.1. The Morgan fingerprint density at radius 2 is 1.36 bits per heavy atom. The number of benzene rings is 2. The molecule has 0 aliphatic carbocycles. The normalized spacial score (nSPS) is 9.82. The lowest BCUT2D eigenvalue weighted by Gasteiger charge is -2.18. The number of aliphatic imine (C=N–C) groups is 2. The molecule has 0 radical (unpaired) electrons. The Balaban J connectivity index is 3.03. The van der Waals surface area contributed by atoms with E-state index in [-0.39, 0.29) is 0 Å². The van der Waals surface area contributed by atoms with E-state index in [4.69, 9.17) is 0 Å². The van der Waals surface area contributed by atoms with Gasteiger partial charge in [-0.2, -0.15) is 9.98 Å². The fourth-order valence-electron chi connectivity index (χ4n) is 2.64. The van der Waals surface area contributed by atoms with Gasteiger partial charge in [-0.1, -0.05) is 24.3 Å². The number of nitrogens with zero attached hydrogens (tertiary/aromatic N) is 2. The maximum atomic E-state index is 10.9. The molecule has 22 heavy (non-hydrogen) atoms. The summed E-state index contributed by atoms with van der Waals surface area (Å²) in [6.07, 6.45) is 3.12. The van der Waals surface area contributed by atoms with Crippen LogP contribution in [0.4, 0.5) is 11.4 Å². The molecule has 2 rings (SSSR count). The van der Waals surface area contributed by atoms with Crippen molar-refractivity contribution in [2.24, 2.45) is 9.98 Å². The molecular weight excluding hydrogens is 276 g/mol. The third kappa shape index (κ3) is 2.53. The summed E-state index contributed by atoms with van der Waals surface area (Å²) in [6, 6.07) is 7.82. The summed E-state index contributed by atoms with van der Waals surface area (Å²) in [5.74, 6) is 0. The predicted molar refractivity (Wildman–Crippen MR) is 86.4 cm³/mol. The third-order valence-corrected chi connectivity index (χ3v) is 4.05. The number of hydrogen-bond acceptors (Lipinski definition) is 4. The highest BCUT2D eigenvalue weighted by Gasteiger charge is 2.19. The van der Waals surface area contributed by atoms with Crippen molar-refractivity contribution in [3.05, 3.63) is 46.5 Å². The predicted octanol–water partition coefficient (Wildman–Crippen LogP) is 4.52. The molecule has 0 atom stereocenters. The van der Waals surface area contributed by atoms with Crippen molar-refractivity contribution in [3.63, 3.8) is 0 Å². The molecule has 0 unspecified atom stereocenters. The second kappa shape index (κ2) is 6.31. The van der Waals surface area contributed by atoms with Crippen LogP contribution in [0.5, 0.6) is 0 Å². The van der Waals surface area contributed by atoms with Crippen LogP contribution in [0.1, 0.15) is 22.3 Å². The maximum Gasteiger partial charge on any atom is 0.240 e. The first-order valence-electron chi connectivity index (χ1n) is 6.88. The zero-order valence-electron chi connectivity index (χ0n) is 13.0. The van der Waals surface area contributed by atoms with Crippen molar-refractivity contribution in [1.29, 1.82) is 0 Å². The monoisotopic (exact) mass is 292 g/mol. The minimum atomic E-state index is 0.369. The van der Waals surface area contributed by atoms with Gasteiger partial charge in [0.25, 0.3) is 0 Å². The Hall–Kier alpha value is -2.80. The van der Waals surface area contributed by atoms with Gasteiger partial charge < -0.3 is 0 Å². The van der Waals surface area contributed by atoms with E-state index in [9.17, 15) is 9.59 Å². The van der Waals surface area contributed by atoms with E-state index in [1.54, 1.807) is 12.2 Å². The van der Waals surface area contributed by atoms with Gasteiger partial charge in [-0.25, -0.2) is 9.59 Å². The highest BCUT2D eigenvalue weighted by Crippen LogP contribution is 2.45. The average molecular weight is 292 g/mol. The first-order valence-corrected chi connectivity index (χ1v) is 6.88. The Morgan fingerprint density at radius 1 is 0.773 bits per heavy atom. The number of hydrogen-bond donors (Lipinski definition) is 0. The fraction of sp³-hybridized carbons (Fsp3) is 0.222. The molecule has 110 valence electrons. The number of rotatable bonds is 3. The van der Waals surface area contributed by atoms with Crippen molar-refractivity contribution in [3.8, 4) is 11.1 Å². The highest BCUT2D eigenvalue weighted by molar-refractivity contribution is 5.91. The van der Waals surface area contributed by atoms with Gasteiger partial charge >= 0.3 is 0 Å². The molecule has 0 N–H and O–H groups in total. The first kappa shape index (κ1) is 15.6. The van der Waals surface area contributed by atoms with E-state index >= 15 is 0 Å². The molecule has 2 aromatic rings. The third-order valence-electron chi connectivity index (χ3n) is 4.05. The SMILES string of the molecule is Cc1ccccc1-c1c(C)c(C)c(C)c(N=C=O)c1N=C=O. The second-order valence-corrected chi connectivity index (χ2v) is 5.17. The Bertz CT molecular complexity index is 841. The molecule has 0 aliphatic rings. The van der Waals surface area contributed by atoms with Gasteiger partial charge in [0.15, 0.2) is 0 Å². The molecule has 0 aromatic heterocycles. The Labute approximate surface area is 129 Å². The van der Waals surface area contributed by atoms with E-state index in [0.717, 1.165) is 33.4 Å². The molecule has 0 heterocycles. The van der Waals surface area contributed by atoms with Crippen LogP contribution in [0.2, 0.25) is 0 Å². The van der Waals surface area contributed by atoms with Crippen LogP contribution in [-0.2, 0) is 9.59 Å². The average Bonchev–Trinajstić information content (AvgIpc) is 2.51. The van der Waals surface area contributed by atoms with Crippen molar-refractivity contribution >= 4 is 23.5 Å². The standard InChI is InChI=1S/C18H16N2O2/c1-11-7-5-6-8-15(11)16-13(3)12(2)14(4)17(19-9-21)18(16)20-10-22/h5-8H,1-4H3. The number of aryl methyl sites for hydroxylation is 1. The summed E-state index contributed by atoms with van der Waals surface area (Å²) in [5, 5.41) is 0. The van der Waals surface area contributed by atoms with Gasteiger partial charge in [-0.05, 0) is 55.5 Å². The zero-order chi connectivity index (χ0) is 16.3. The molecular formula is C18H16N2O2. The van der Waals surface area contributed by atoms with Crippen molar-refractivity contribution < 1.29 is 9.59 Å². The first-order chi connectivity index (χ1) is 10.5. The Kier molecular flexibility index (Phi) is 4.47. The number of isocyanates is 2. The van der Waals surface area contributed by atoms with Crippen LogP contribution < -0.4 is 0 Å². The minimum absolute atomic E-state index is 0.369. The van der Waals surface area contributed by atoms with Crippen LogP contribution >= 0.6 is 0 Å². The van der Waals surface area contributed by atoms with Gasteiger partial charge in [-0.15, -0.1) is 0 Å². The second-order valence-electron chi connectivity index (χ2n) is 5.17. The molecule has 0 saturated heterocycles. The molecule has 4 heteroatoms. The van der Waals surface area contributed by atoms with Crippen LogP contribution in [0.15, 0.2) is 34.3 Å². The van der Waals surface area contributed by atoms with Crippen LogP contribution in [-0.4, -0.2) is 12.2 Å². The van der Waals surface area contributed by atoms with Crippen LogP contribution in [0, 0.1) is 27.7 Å². The minimum Gasteiger partial charge on any atom is -0.211 e. The molecule has 4 nitrogen and oxygen atoms in total. The van der Waals surface area contributed by atoms with Gasteiger partial charge in [0, 0.05) is 5.56 Å². The number of carbonyl (C=O) groups excluding carboxylic acids is 2. The molecule has 0 bridgehead atoms. The van der Waals surface area contributed by atoms with E-state index in [2.05, 4.69) is 9.98 Å². The molecule has 0 saturated carbocycles. The summed E-state index contributed by atoms with van der Waals surface area (Å²) in [4.78, 5) is 29.2. The smallest absolute Gasteiger partial charge is 0.211 e. The summed E-state index contributed by atoms with van der Waals surface area (Å²) in [5.41, 5.74) is 6.39. The van der Waals surface area contributed by atoms with E-state index in [1.165, 1.54) is 0 Å².